The van der Waals surface area contributed by atoms with E-state index in [1.54, 1.807) is 24.3 Å². The fourth-order valence-corrected chi connectivity index (χ4v) is 2.64. The van der Waals surface area contributed by atoms with Gasteiger partial charge in [-0.25, -0.2) is 5.43 Å². The molecule has 7 nitrogen and oxygen atoms in total. The fourth-order valence-electron chi connectivity index (χ4n) is 2.64. The summed E-state index contributed by atoms with van der Waals surface area (Å²) >= 11 is 0. The van der Waals surface area contributed by atoms with Crippen molar-refractivity contribution >= 4 is 23.7 Å². The Morgan fingerprint density at radius 2 is 1.57 bits per heavy atom. The topological polar surface area (TPSA) is 89.0 Å². The molecule has 35 heavy (non-hydrogen) atoms. The van der Waals surface area contributed by atoms with Crippen molar-refractivity contribution in [3.63, 3.8) is 0 Å². The molecule has 3 rings (SSSR count). The Balaban J connectivity index is 1.51. The average molecular weight is 489 g/mol. The number of anilines is 1. The standard InChI is InChI=1S/C24H19F4N3O4/c25-23(26)24(27,28)35-20-9-5-4-8-19(20)30-21(32)22(33)31-29-14-16-10-12-18(13-11-16)34-15-17-6-2-1-3-7-17/h1-14,23H,15H2,(H,30,32)(H,31,33). The third kappa shape index (κ3) is 7.56. The van der Waals surface area contributed by atoms with Crippen LogP contribution in [-0.2, 0) is 16.2 Å². The molecule has 0 unspecified atom stereocenters. The molecule has 11 heteroatoms. The third-order valence-corrected chi connectivity index (χ3v) is 4.35. The van der Waals surface area contributed by atoms with E-state index in [9.17, 15) is 27.2 Å². The normalized spacial score (nSPS) is 11.3. The largest absolute Gasteiger partial charge is 0.489 e. The Bertz CT molecular complexity index is 1170. The molecule has 0 radical (unpaired) electrons. The molecule has 0 aliphatic rings. The zero-order chi connectivity index (χ0) is 25.3. The molecule has 0 bridgehead atoms. The minimum Gasteiger partial charge on any atom is -0.489 e. The highest BCUT2D eigenvalue weighted by Gasteiger charge is 2.44. The Morgan fingerprint density at radius 3 is 2.26 bits per heavy atom. The number of halogens is 4. The monoisotopic (exact) mass is 489 g/mol. The summed E-state index contributed by atoms with van der Waals surface area (Å²) in [7, 11) is 0. The van der Waals surface area contributed by atoms with Gasteiger partial charge < -0.3 is 14.8 Å². The van der Waals surface area contributed by atoms with Gasteiger partial charge in [0.05, 0.1) is 11.9 Å². The van der Waals surface area contributed by atoms with Crippen LogP contribution in [-0.4, -0.2) is 30.6 Å². The smallest absolute Gasteiger partial charge is 0.461 e. The van der Waals surface area contributed by atoms with Crippen LogP contribution in [0.3, 0.4) is 0 Å². The Hall–Kier alpha value is -4.41. The van der Waals surface area contributed by atoms with Crippen molar-refractivity contribution < 1.29 is 36.6 Å². The summed E-state index contributed by atoms with van der Waals surface area (Å²) in [4.78, 5) is 24.0. The first-order valence-corrected chi connectivity index (χ1v) is 10.1. The molecular formula is C24H19F4N3O4. The molecular weight excluding hydrogens is 470 g/mol. The van der Waals surface area contributed by atoms with Crippen LogP contribution in [0.1, 0.15) is 11.1 Å². The van der Waals surface area contributed by atoms with Crippen LogP contribution in [0.2, 0.25) is 0 Å². The van der Waals surface area contributed by atoms with Gasteiger partial charge in [0.2, 0.25) is 0 Å². The first-order valence-electron chi connectivity index (χ1n) is 10.1. The Labute approximate surface area is 197 Å². The van der Waals surface area contributed by atoms with Crippen molar-refractivity contribution in [1.29, 1.82) is 0 Å². The molecule has 0 saturated heterocycles. The highest BCUT2D eigenvalue weighted by atomic mass is 19.3. The van der Waals surface area contributed by atoms with Crippen LogP contribution in [0.5, 0.6) is 11.5 Å². The minimum atomic E-state index is -4.78. The number of carbonyl (C=O) groups excluding carboxylic acids is 2. The van der Waals surface area contributed by atoms with Crippen LogP contribution in [0.4, 0.5) is 23.2 Å². The SMILES string of the molecule is O=C(NN=Cc1ccc(OCc2ccccc2)cc1)C(=O)Nc1ccccc1OC(F)(F)C(F)F. The van der Waals surface area contributed by atoms with Crippen LogP contribution < -0.4 is 20.2 Å². The van der Waals surface area contributed by atoms with Gasteiger partial charge >= 0.3 is 24.3 Å². The lowest BCUT2D eigenvalue weighted by molar-refractivity contribution is -0.252. The van der Waals surface area contributed by atoms with Gasteiger partial charge in [-0.2, -0.15) is 22.7 Å². The predicted molar refractivity (Wildman–Crippen MR) is 120 cm³/mol. The highest BCUT2D eigenvalue weighted by molar-refractivity contribution is 6.39. The minimum absolute atomic E-state index is 0.396. The summed E-state index contributed by atoms with van der Waals surface area (Å²) < 4.78 is 60.8. The summed E-state index contributed by atoms with van der Waals surface area (Å²) in [6.45, 7) is 0.396. The molecule has 2 N–H and O–H groups in total. The van der Waals surface area contributed by atoms with Crippen LogP contribution in [0.25, 0.3) is 0 Å². The zero-order valence-corrected chi connectivity index (χ0v) is 18.0. The van der Waals surface area contributed by atoms with E-state index in [1.165, 1.54) is 18.3 Å². The number of hydrogen-bond acceptors (Lipinski definition) is 5. The van der Waals surface area contributed by atoms with Gasteiger partial charge in [0.25, 0.3) is 0 Å². The number of nitrogens with one attached hydrogen (secondary N) is 2. The summed E-state index contributed by atoms with van der Waals surface area (Å²) in [5.74, 6) is -2.62. The number of rotatable bonds is 9. The molecule has 0 aromatic heterocycles. The van der Waals surface area contributed by atoms with Gasteiger partial charge in [-0.15, -0.1) is 0 Å². The molecule has 3 aromatic rings. The lowest BCUT2D eigenvalue weighted by Gasteiger charge is -2.19. The number of hydrazone groups is 1. The number of hydrogen-bond donors (Lipinski definition) is 2. The molecule has 0 fully saturated rings. The van der Waals surface area contributed by atoms with E-state index in [1.807, 2.05) is 41.1 Å². The van der Waals surface area contributed by atoms with Gasteiger partial charge in [-0.3, -0.25) is 9.59 Å². The quantitative estimate of drug-likeness (QED) is 0.199. The molecule has 0 spiro atoms. The predicted octanol–water partition coefficient (Wildman–Crippen LogP) is 4.59. The van der Waals surface area contributed by atoms with Crippen molar-refractivity contribution in [3.8, 4) is 11.5 Å². The van der Waals surface area contributed by atoms with Crippen molar-refractivity contribution in [1.82, 2.24) is 5.43 Å². The molecule has 0 saturated carbocycles. The Morgan fingerprint density at radius 1 is 0.914 bits per heavy atom. The second kappa shape index (κ2) is 11.6. The average Bonchev–Trinajstić information content (AvgIpc) is 2.85. The van der Waals surface area contributed by atoms with E-state index >= 15 is 0 Å². The second-order valence-electron chi connectivity index (χ2n) is 6.96. The third-order valence-electron chi connectivity index (χ3n) is 4.35. The van der Waals surface area contributed by atoms with Gasteiger partial charge in [0.15, 0.2) is 0 Å². The molecule has 182 valence electrons. The van der Waals surface area contributed by atoms with E-state index in [0.29, 0.717) is 17.9 Å². The van der Waals surface area contributed by atoms with Crippen LogP contribution >= 0.6 is 0 Å². The van der Waals surface area contributed by atoms with Crippen molar-refractivity contribution in [2.45, 2.75) is 19.1 Å². The molecule has 3 aromatic carbocycles. The lowest BCUT2D eigenvalue weighted by atomic mass is 10.2. The number of para-hydroxylation sites is 2. The first-order chi connectivity index (χ1) is 16.7. The summed E-state index contributed by atoms with van der Waals surface area (Å²) in [5, 5.41) is 5.67. The van der Waals surface area contributed by atoms with Gasteiger partial charge in [-0.1, -0.05) is 42.5 Å². The van der Waals surface area contributed by atoms with Crippen LogP contribution in [0, 0.1) is 0 Å². The molecule has 2 amide bonds. The zero-order valence-electron chi connectivity index (χ0n) is 18.0. The summed E-state index contributed by atoms with van der Waals surface area (Å²) in [6.07, 6.45) is -7.60. The molecule has 0 atom stereocenters. The maximum absolute atomic E-state index is 13.2. The van der Waals surface area contributed by atoms with E-state index in [0.717, 1.165) is 17.7 Å². The first kappa shape index (κ1) is 25.2. The highest BCUT2D eigenvalue weighted by Crippen LogP contribution is 2.32. The van der Waals surface area contributed by atoms with E-state index in [2.05, 4.69) is 9.84 Å². The summed E-state index contributed by atoms with van der Waals surface area (Å²) in [5.41, 5.74) is 3.18. The number of benzene rings is 3. The number of alkyl halides is 4. The van der Waals surface area contributed by atoms with Crippen molar-refractivity contribution in [2.75, 3.05) is 5.32 Å². The van der Waals surface area contributed by atoms with Crippen LogP contribution in [0.15, 0.2) is 84.0 Å². The van der Waals surface area contributed by atoms with Crippen molar-refractivity contribution in [3.05, 3.63) is 90.0 Å². The molecule has 0 heterocycles. The number of nitrogens with zero attached hydrogens (tertiary/aromatic N) is 1. The second-order valence-corrected chi connectivity index (χ2v) is 6.96. The molecule has 0 aliphatic heterocycles. The van der Waals surface area contributed by atoms with E-state index in [-0.39, 0.29) is 0 Å². The number of carbonyl (C=O) groups is 2. The number of ether oxygens (including phenoxy) is 2. The molecule has 0 aliphatic carbocycles. The maximum Gasteiger partial charge on any atom is 0.461 e. The lowest BCUT2D eigenvalue weighted by Crippen LogP contribution is -2.35. The van der Waals surface area contributed by atoms with Gasteiger partial charge in [0, 0.05) is 0 Å². The Kier molecular flexibility index (Phi) is 8.38. The number of amides is 2. The van der Waals surface area contributed by atoms with E-state index < -0.39 is 35.8 Å². The van der Waals surface area contributed by atoms with E-state index in [4.69, 9.17) is 4.74 Å². The summed E-state index contributed by atoms with van der Waals surface area (Å²) in [6, 6.07) is 20.9. The maximum atomic E-state index is 13.2. The fraction of sp³-hybridized carbons (Fsp3) is 0.125. The van der Waals surface area contributed by atoms with Crippen molar-refractivity contribution in [2.24, 2.45) is 5.10 Å². The van der Waals surface area contributed by atoms with Gasteiger partial charge in [0.1, 0.15) is 18.1 Å². The van der Waals surface area contributed by atoms with Gasteiger partial charge in [-0.05, 0) is 47.5 Å².